The number of fused-ring (bicyclic) bond motifs is 1. The quantitative estimate of drug-likeness (QED) is 0.666. The molecule has 2 aromatic carbocycles. The van der Waals surface area contributed by atoms with Crippen molar-refractivity contribution in [2.45, 2.75) is 19.4 Å². The van der Waals surface area contributed by atoms with Crippen LogP contribution in [0.5, 0.6) is 0 Å². The summed E-state index contributed by atoms with van der Waals surface area (Å²) in [4.78, 5) is 26.1. The van der Waals surface area contributed by atoms with Crippen LogP contribution in [0.3, 0.4) is 0 Å². The van der Waals surface area contributed by atoms with Gasteiger partial charge in [0.15, 0.2) is 0 Å². The summed E-state index contributed by atoms with van der Waals surface area (Å²) in [7, 11) is 0. The van der Waals surface area contributed by atoms with E-state index in [4.69, 9.17) is 0 Å². The normalized spacial score (nSPS) is 16.0. The molecule has 1 aliphatic rings. The van der Waals surface area contributed by atoms with Crippen LogP contribution in [0.15, 0.2) is 41.3 Å². The number of benzene rings is 2. The number of carbonyl (C=O) groups is 1. The zero-order chi connectivity index (χ0) is 22.5. The van der Waals surface area contributed by atoms with E-state index in [1.165, 1.54) is 6.07 Å². The van der Waals surface area contributed by atoms with E-state index < -0.39 is 34.4 Å². The molecule has 1 saturated heterocycles. The average molecular weight is 431 g/mol. The number of nitrogens with zero attached hydrogens (tertiary/aromatic N) is 2. The number of hydrogen-bond acceptors (Lipinski definition) is 4. The molecular formula is C22H20F3N3O3. The number of carboxylic acid groups (broad SMARTS) is 1. The van der Waals surface area contributed by atoms with Gasteiger partial charge in [-0.3, -0.25) is 4.79 Å². The van der Waals surface area contributed by atoms with Gasteiger partial charge in [0.2, 0.25) is 5.43 Å². The van der Waals surface area contributed by atoms with Crippen molar-refractivity contribution in [3.63, 3.8) is 0 Å². The number of aromatic nitrogens is 1. The van der Waals surface area contributed by atoms with Crippen LogP contribution in [0.4, 0.5) is 18.9 Å². The van der Waals surface area contributed by atoms with Crippen LogP contribution in [-0.2, 0) is 0 Å². The lowest BCUT2D eigenvalue weighted by Crippen LogP contribution is -2.57. The Kier molecular flexibility index (Phi) is 5.01. The lowest BCUT2D eigenvalue weighted by molar-refractivity contribution is 0.0695. The van der Waals surface area contributed by atoms with Gasteiger partial charge < -0.3 is 19.9 Å². The van der Waals surface area contributed by atoms with E-state index in [2.05, 4.69) is 5.32 Å². The minimum atomic E-state index is -1.53. The molecule has 6 nitrogen and oxygen atoms in total. The third kappa shape index (κ3) is 3.76. The average Bonchev–Trinajstić information content (AvgIpc) is 2.68. The smallest absolute Gasteiger partial charge is 0.341 e. The molecule has 2 heterocycles. The van der Waals surface area contributed by atoms with E-state index in [9.17, 15) is 23.5 Å². The molecule has 1 aromatic heterocycles. The zero-order valence-electron chi connectivity index (χ0n) is 16.9. The van der Waals surface area contributed by atoms with Crippen molar-refractivity contribution in [1.29, 1.82) is 0 Å². The second-order valence-corrected chi connectivity index (χ2v) is 8.20. The molecule has 9 heteroatoms. The molecule has 0 aliphatic carbocycles. The predicted octanol–water partition coefficient (Wildman–Crippen LogP) is 3.29. The molecule has 0 bridgehead atoms. The maximum Gasteiger partial charge on any atom is 0.341 e. The number of rotatable bonds is 3. The summed E-state index contributed by atoms with van der Waals surface area (Å²) in [6.45, 7) is 5.55. The highest BCUT2D eigenvalue weighted by Gasteiger charge is 2.28. The lowest BCUT2D eigenvalue weighted by atomic mass is 10.0. The molecule has 4 rings (SSSR count). The van der Waals surface area contributed by atoms with Gasteiger partial charge in [0.1, 0.15) is 23.0 Å². The molecule has 162 valence electrons. The summed E-state index contributed by atoms with van der Waals surface area (Å²) in [5, 5.41) is 12.5. The molecule has 1 aliphatic heterocycles. The molecule has 0 unspecified atom stereocenters. The molecule has 0 radical (unpaired) electrons. The second kappa shape index (κ2) is 7.42. The number of nitrogens with one attached hydrogen (secondary N) is 1. The first-order chi connectivity index (χ1) is 14.6. The van der Waals surface area contributed by atoms with E-state index in [0.717, 1.165) is 29.0 Å². The number of anilines is 1. The molecule has 31 heavy (non-hydrogen) atoms. The monoisotopic (exact) mass is 431 g/mol. The largest absolute Gasteiger partial charge is 0.477 e. The minimum absolute atomic E-state index is 0.119. The Morgan fingerprint density at radius 2 is 1.81 bits per heavy atom. The van der Waals surface area contributed by atoms with Crippen molar-refractivity contribution in [2.24, 2.45) is 0 Å². The van der Waals surface area contributed by atoms with Gasteiger partial charge in [-0.05, 0) is 38.1 Å². The molecule has 2 N–H and O–H groups in total. The molecule has 3 aromatic rings. The standard InChI is InChI=1S/C22H20F3N3O3/c1-22(2)11-27(6-5-26-22)19-9-18-13(8-16(19)25)20(29)14(21(30)31)10-28(18)17-4-3-12(23)7-15(17)24/h3-4,7-10,26H,5-6,11H2,1-2H3,(H,30,31). The molecule has 1 fully saturated rings. The van der Waals surface area contributed by atoms with Crippen molar-refractivity contribution in [3.05, 3.63) is 69.8 Å². The van der Waals surface area contributed by atoms with Gasteiger partial charge in [-0.15, -0.1) is 0 Å². The maximum atomic E-state index is 15.1. The third-order valence-corrected chi connectivity index (χ3v) is 5.38. The Labute approximate surface area is 175 Å². The van der Waals surface area contributed by atoms with E-state index in [1.54, 1.807) is 0 Å². The zero-order valence-corrected chi connectivity index (χ0v) is 16.9. The van der Waals surface area contributed by atoms with Crippen molar-refractivity contribution in [1.82, 2.24) is 9.88 Å². The Morgan fingerprint density at radius 3 is 2.45 bits per heavy atom. The van der Waals surface area contributed by atoms with Crippen molar-refractivity contribution in [2.75, 3.05) is 24.5 Å². The summed E-state index contributed by atoms with van der Waals surface area (Å²) in [5.74, 6) is -3.97. The van der Waals surface area contributed by atoms with Crippen LogP contribution >= 0.6 is 0 Å². The van der Waals surface area contributed by atoms with Gasteiger partial charge in [0, 0.05) is 42.8 Å². The Balaban J connectivity index is 2.02. The molecule has 0 amide bonds. The number of pyridine rings is 1. The number of piperazine rings is 1. The summed E-state index contributed by atoms with van der Waals surface area (Å²) in [6.07, 6.45) is 0.979. The van der Waals surface area contributed by atoms with Crippen LogP contribution in [-0.4, -0.2) is 40.8 Å². The minimum Gasteiger partial charge on any atom is -0.477 e. The van der Waals surface area contributed by atoms with E-state index in [1.807, 2.05) is 18.7 Å². The van der Waals surface area contributed by atoms with Gasteiger partial charge in [-0.25, -0.2) is 18.0 Å². The fraction of sp³-hybridized carbons (Fsp3) is 0.273. The summed E-state index contributed by atoms with van der Waals surface area (Å²) >= 11 is 0. The summed E-state index contributed by atoms with van der Waals surface area (Å²) in [5.41, 5.74) is -1.64. The number of hydrogen-bond donors (Lipinski definition) is 2. The summed E-state index contributed by atoms with van der Waals surface area (Å²) in [6, 6.07) is 5.19. The molecule has 0 atom stereocenters. The van der Waals surface area contributed by atoms with Crippen molar-refractivity contribution in [3.8, 4) is 5.69 Å². The fourth-order valence-electron chi connectivity index (χ4n) is 3.95. The Hall–Kier alpha value is -3.33. The first-order valence-electron chi connectivity index (χ1n) is 9.65. The van der Waals surface area contributed by atoms with Crippen LogP contribution < -0.4 is 15.6 Å². The predicted molar refractivity (Wildman–Crippen MR) is 111 cm³/mol. The number of aromatic carboxylic acids is 1. The van der Waals surface area contributed by atoms with Gasteiger partial charge in [-0.2, -0.15) is 0 Å². The number of carboxylic acids is 1. The van der Waals surface area contributed by atoms with E-state index in [0.29, 0.717) is 25.7 Å². The van der Waals surface area contributed by atoms with Crippen LogP contribution in [0.25, 0.3) is 16.6 Å². The van der Waals surface area contributed by atoms with Gasteiger partial charge in [-0.1, -0.05) is 0 Å². The van der Waals surface area contributed by atoms with Crippen molar-refractivity contribution < 1.29 is 23.1 Å². The van der Waals surface area contributed by atoms with E-state index in [-0.39, 0.29) is 27.8 Å². The van der Waals surface area contributed by atoms with Crippen LogP contribution in [0.1, 0.15) is 24.2 Å². The highest BCUT2D eigenvalue weighted by molar-refractivity contribution is 5.94. The van der Waals surface area contributed by atoms with Gasteiger partial charge in [0.05, 0.1) is 16.9 Å². The lowest BCUT2D eigenvalue weighted by Gasteiger charge is -2.40. The fourth-order valence-corrected chi connectivity index (χ4v) is 3.95. The van der Waals surface area contributed by atoms with Gasteiger partial charge in [0.25, 0.3) is 0 Å². The first kappa shape index (κ1) is 20.9. The van der Waals surface area contributed by atoms with Crippen LogP contribution in [0.2, 0.25) is 0 Å². The highest BCUT2D eigenvalue weighted by atomic mass is 19.1. The highest BCUT2D eigenvalue weighted by Crippen LogP contribution is 2.29. The Morgan fingerprint density at radius 1 is 1.10 bits per heavy atom. The molecule has 0 spiro atoms. The van der Waals surface area contributed by atoms with Crippen molar-refractivity contribution >= 4 is 22.6 Å². The maximum absolute atomic E-state index is 15.1. The third-order valence-electron chi connectivity index (χ3n) is 5.38. The molecular weight excluding hydrogens is 411 g/mol. The van der Waals surface area contributed by atoms with Crippen LogP contribution in [0, 0.1) is 17.5 Å². The SMILES string of the molecule is CC1(C)CN(c2cc3c(cc2F)c(=O)c(C(=O)O)cn3-c2ccc(F)cc2F)CCN1. The van der Waals surface area contributed by atoms with E-state index >= 15 is 4.39 Å². The van der Waals surface area contributed by atoms with Gasteiger partial charge >= 0.3 is 5.97 Å². The summed E-state index contributed by atoms with van der Waals surface area (Å²) < 4.78 is 44.2. The second-order valence-electron chi connectivity index (χ2n) is 8.20. The Bertz CT molecular complexity index is 1270. The topological polar surface area (TPSA) is 74.6 Å². The number of halogens is 3. The molecule has 0 saturated carbocycles. The first-order valence-corrected chi connectivity index (χ1v) is 9.65.